The number of nitrogens with zero attached hydrogens (tertiary/aromatic N) is 1. The number of anilines is 1. The second kappa shape index (κ2) is 7.70. The molecule has 4 heteroatoms. The highest BCUT2D eigenvalue weighted by molar-refractivity contribution is 6.09. The minimum absolute atomic E-state index is 0.168. The SMILES string of the molecule is O=C(Nc1cccc2ccccc12)c1cccc(OCc2cccnc2)c1. The molecule has 4 rings (SSSR count). The van der Waals surface area contributed by atoms with Gasteiger partial charge in [-0.15, -0.1) is 0 Å². The van der Waals surface area contributed by atoms with Crippen molar-refractivity contribution in [3.63, 3.8) is 0 Å². The highest BCUT2D eigenvalue weighted by Gasteiger charge is 2.09. The maximum Gasteiger partial charge on any atom is 0.255 e. The Morgan fingerprint density at radius 3 is 2.67 bits per heavy atom. The highest BCUT2D eigenvalue weighted by atomic mass is 16.5. The summed E-state index contributed by atoms with van der Waals surface area (Å²) in [6.45, 7) is 0.405. The maximum atomic E-state index is 12.7. The van der Waals surface area contributed by atoms with Gasteiger partial charge in [-0.1, -0.05) is 48.5 Å². The first kappa shape index (κ1) is 16.8. The second-order valence-electron chi connectivity index (χ2n) is 6.16. The molecule has 1 N–H and O–H groups in total. The summed E-state index contributed by atoms with van der Waals surface area (Å²) in [6, 6.07) is 24.8. The number of nitrogens with one attached hydrogen (secondary N) is 1. The van der Waals surface area contributed by atoms with Gasteiger partial charge in [-0.2, -0.15) is 0 Å². The first-order chi connectivity index (χ1) is 13.3. The molecule has 0 atom stereocenters. The van der Waals surface area contributed by atoms with E-state index in [1.165, 1.54) is 0 Å². The zero-order valence-electron chi connectivity index (χ0n) is 14.6. The van der Waals surface area contributed by atoms with E-state index in [1.807, 2.05) is 66.7 Å². The number of hydrogen-bond acceptors (Lipinski definition) is 3. The minimum Gasteiger partial charge on any atom is -0.489 e. The molecule has 0 radical (unpaired) electrons. The molecular weight excluding hydrogens is 336 g/mol. The number of carbonyl (C=O) groups is 1. The van der Waals surface area contributed by atoms with E-state index in [2.05, 4.69) is 10.3 Å². The van der Waals surface area contributed by atoms with Crippen LogP contribution in [-0.2, 0) is 6.61 Å². The molecule has 27 heavy (non-hydrogen) atoms. The maximum absolute atomic E-state index is 12.7. The molecule has 0 saturated heterocycles. The zero-order valence-corrected chi connectivity index (χ0v) is 14.6. The first-order valence-corrected chi connectivity index (χ1v) is 8.70. The summed E-state index contributed by atoms with van der Waals surface area (Å²) in [6.07, 6.45) is 3.48. The van der Waals surface area contributed by atoms with Crippen LogP contribution in [0.25, 0.3) is 10.8 Å². The lowest BCUT2D eigenvalue weighted by Crippen LogP contribution is -2.12. The summed E-state index contributed by atoms with van der Waals surface area (Å²) in [5.41, 5.74) is 2.31. The van der Waals surface area contributed by atoms with Crippen molar-refractivity contribution in [2.24, 2.45) is 0 Å². The molecule has 4 nitrogen and oxygen atoms in total. The van der Waals surface area contributed by atoms with Crippen molar-refractivity contribution in [1.82, 2.24) is 4.98 Å². The van der Waals surface area contributed by atoms with Crippen molar-refractivity contribution in [2.75, 3.05) is 5.32 Å². The van der Waals surface area contributed by atoms with Gasteiger partial charge in [-0.3, -0.25) is 9.78 Å². The molecule has 1 heterocycles. The first-order valence-electron chi connectivity index (χ1n) is 8.70. The molecule has 132 valence electrons. The summed E-state index contributed by atoms with van der Waals surface area (Å²) >= 11 is 0. The minimum atomic E-state index is -0.168. The summed E-state index contributed by atoms with van der Waals surface area (Å²) < 4.78 is 5.78. The molecular formula is C23H18N2O2. The number of aromatic nitrogens is 1. The highest BCUT2D eigenvalue weighted by Crippen LogP contribution is 2.24. The molecule has 4 aromatic rings. The summed E-state index contributed by atoms with van der Waals surface area (Å²) in [4.78, 5) is 16.8. The number of rotatable bonds is 5. The lowest BCUT2D eigenvalue weighted by Gasteiger charge is -2.10. The fraction of sp³-hybridized carbons (Fsp3) is 0.0435. The third-order valence-electron chi connectivity index (χ3n) is 4.26. The van der Waals surface area contributed by atoms with Gasteiger partial charge in [0.15, 0.2) is 0 Å². The summed E-state index contributed by atoms with van der Waals surface area (Å²) in [5.74, 6) is 0.475. The number of fused-ring (bicyclic) bond motifs is 1. The lowest BCUT2D eigenvalue weighted by atomic mass is 10.1. The lowest BCUT2D eigenvalue weighted by molar-refractivity contribution is 0.102. The molecule has 0 unspecified atom stereocenters. The van der Waals surface area contributed by atoms with E-state index in [4.69, 9.17) is 4.74 Å². The topological polar surface area (TPSA) is 51.2 Å². The predicted octanol–water partition coefficient (Wildman–Crippen LogP) is 5.07. The van der Waals surface area contributed by atoms with Gasteiger partial charge in [-0.05, 0) is 35.7 Å². The van der Waals surface area contributed by atoms with E-state index in [9.17, 15) is 4.79 Å². The van der Waals surface area contributed by atoms with Crippen LogP contribution in [0.2, 0.25) is 0 Å². The van der Waals surface area contributed by atoms with E-state index in [0.29, 0.717) is 17.9 Å². The monoisotopic (exact) mass is 354 g/mol. The molecule has 0 saturated carbocycles. The van der Waals surface area contributed by atoms with Crippen LogP contribution in [0.15, 0.2) is 91.3 Å². The van der Waals surface area contributed by atoms with Crippen molar-refractivity contribution in [3.8, 4) is 5.75 Å². The third kappa shape index (κ3) is 3.96. The van der Waals surface area contributed by atoms with Crippen LogP contribution in [0.1, 0.15) is 15.9 Å². The van der Waals surface area contributed by atoms with Crippen molar-refractivity contribution in [2.45, 2.75) is 6.61 Å². The van der Waals surface area contributed by atoms with Gasteiger partial charge in [0.05, 0.1) is 0 Å². The van der Waals surface area contributed by atoms with Crippen LogP contribution in [0, 0.1) is 0 Å². The van der Waals surface area contributed by atoms with Gasteiger partial charge < -0.3 is 10.1 Å². The van der Waals surface area contributed by atoms with Gasteiger partial charge in [0, 0.05) is 34.6 Å². The number of amides is 1. The van der Waals surface area contributed by atoms with Crippen LogP contribution >= 0.6 is 0 Å². The normalized spacial score (nSPS) is 10.5. The van der Waals surface area contributed by atoms with E-state index in [1.54, 1.807) is 24.5 Å². The molecule has 0 bridgehead atoms. The zero-order chi connectivity index (χ0) is 18.5. The average molecular weight is 354 g/mol. The van der Waals surface area contributed by atoms with Gasteiger partial charge >= 0.3 is 0 Å². The van der Waals surface area contributed by atoms with E-state index in [0.717, 1.165) is 22.0 Å². The predicted molar refractivity (Wildman–Crippen MR) is 107 cm³/mol. The Balaban J connectivity index is 1.50. The molecule has 0 aliphatic rings. The molecule has 1 amide bonds. The van der Waals surface area contributed by atoms with Crippen LogP contribution in [0.4, 0.5) is 5.69 Å². The van der Waals surface area contributed by atoms with Crippen molar-refractivity contribution in [3.05, 3.63) is 102 Å². The fourth-order valence-corrected chi connectivity index (χ4v) is 2.91. The number of hydrogen-bond donors (Lipinski definition) is 1. The number of pyridine rings is 1. The Kier molecular flexibility index (Phi) is 4.79. The number of benzene rings is 3. The van der Waals surface area contributed by atoms with Crippen LogP contribution < -0.4 is 10.1 Å². The van der Waals surface area contributed by atoms with Crippen molar-refractivity contribution in [1.29, 1.82) is 0 Å². The molecule has 0 aliphatic heterocycles. The van der Waals surface area contributed by atoms with Gasteiger partial charge in [0.2, 0.25) is 0 Å². The average Bonchev–Trinajstić information content (AvgIpc) is 2.73. The number of ether oxygens (including phenoxy) is 1. The van der Waals surface area contributed by atoms with Crippen molar-refractivity contribution < 1.29 is 9.53 Å². The van der Waals surface area contributed by atoms with E-state index < -0.39 is 0 Å². The van der Waals surface area contributed by atoms with Crippen molar-refractivity contribution >= 4 is 22.4 Å². The van der Waals surface area contributed by atoms with Crippen LogP contribution in [0.5, 0.6) is 5.75 Å². The third-order valence-corrected chi connectivity index (χ3v) is 4.26. The molecule has 0 aliphatic carbocycles. The number of carbonyl (C=O) groups excluding carboxylic acids is 1. The van der Waals surface area contributed by atoms with Gasteiger partial charge in [0.1, 0.15) is 12.4 Å². The Hall–Kier alpha value is -3.66. The molecule has 0 spiro atoms. The summed E-state index contributed by atoms with van der Waals surface area (Å²) in [5, 5.41) is 5.10. The Labute approximate surface area is 157 Å². The van der Waals surface area contributed by atoms with Crippen LogP contribution in [0.3, 0.4) is 0 Å². The van der Waals surface area contributed by atoms with E-state index in [-0.39, 0.29) is 5.91 Å². The Morgan fingerprint density at radius 1 is 0.926 bits per heavy atom. The smallest absolute Gasteiger partial charge is 0.255 e. The standard InChI is InChI=1S/C23H18N2O2/c26-23(25-22-12-4-8-18-7-1-2-11-21(18)22)19-9-3-10-20(14-19)27-16-17-6-5-13-24-15-17/h1-15H,16H2,(H,25,26). The Morgan fingerprint density at radius 2 is 1.78 bits per heavy atom. The van der Waals surface area contributed by atoms with Gasteiger partial charge in [0.25, 0.3) is 5.91 Å². The largest absolute Gasteiger partial charge is 0.489 e. The van der Waals surface area contributed by atoms with E-state index >= 15 is 0 Å². The van der Waals surface area contributed by atoms with Gasteiger partial charge in [-0.25, -0.2) is 0 Å². The fourth-order valence-electron chi connectivity index (χ4n) is 2.91. The molecule has 1 aromatic heterocycles. The van der Waals surface area contributed by atoms with Crippen LogP contribution in [-0.4, -0.2) is 10.9 Å². The quantitative estimate of drug-likeness (QED) is 0.545. The second-order valence-corrected chi connectivity index (χ2v) is 6.16. The molecule has 3 aromatic carbocycles. The molecule has 0 fully saturated rings. The summed E-state index contributed by atoms with van der Waals surface area (Å²) in [7, 11) is 0. The Bertz CT molecular complexity index is 1070.